The van der Waals surface area contributed by atoms with E-state index in [9.17, 15) is 13.7 Å². The average Bonchev–Trinajstić information content (AvgIpc) is 2.71. The van der Waals surface area contributed by atoms with Crippen LogP contribution < -0.4 is 0 Å². The molecule has 18 heteroatoms. The van der Waals surface area contributed by atoms with Gasteiger partial charge >= 0.3 is 23.5 Å². The van der Waals surface area contributed by atoms with Crippen LogP contribution in [0.25, 0.3) is 0 Å². The summed E-state index contributed by atoms with van der Waals surface area (Å²) in [6.07, 6.45) is -0.948. The van der Waals surface area contributed by atoms with Gasteiger partial charge in [-0.2, -0.15) is 8.62 Å². The van der Waals surface area contributed by atoms with E-state index in [-0.39, 0.29) is 61.7 Å². The third-order valence-electron chi connectivity index (χ3n) is 2.87. The summed E-state index contributed by atoms with van der Waals surface area (Å²) in [6, 6.07) is 0. The largest absolute Gasteiger partial charge is 0.492 e. The summed E-state index contributed by atoms with van der Waals surface area (Å²) in [5.41, 5.74) is 0. The van der Waals surface area contributed by atoms with E-state index in [1.54, 1.807) is 13.8 Å². The summed E-state index contributed by atoms with van der Waals surface area (Å²) in [6.45, 7) is 2.14. The van der Waals surface area contributed by atoms with Gasteiger partial charge in [0.2, 0.25) is 0 Å². The van der Waals surface area contributed by atoms with Crippen LogP contribution in [0.3, 0.4) is 0 Å². The van der Waals surface area contributed by atoms with E-state index in [1.165, 1.54) is 0 Å². The Morgan fingerprint density at radius 3 is 1.16 bits per heavy atom. The molecule has 0 fully saturated rings. The molecule has 0 rings (SSSR count). The summed E-state index contributed by atoms with van der Waals surface area (Å²) in [5, 5.41) is 0. The summed E-state index contributed by atoms with van der Waals surface area (Å²) < 4.78 is 74.6. The Morgan fingerprint density at radius 2 is 0.935 bits per heavy atom. The Kier molecular flexibility index (Phi) is 18.4. The first-order chi connectivity index (χ1) is 14.5. The topological polar surface area (TPSA) is 116 Å². The summed E-state index contributed by atoms with van der Waals surface area (Å²) >= 11 is 28.0. The maximum Gasteiger partial charge on any atom is 0.492 e. The van der Waals surface area contributed by atoms with E-state index in [1.807, 2.05) is 0 Å². The van der Waals surface area contributed by atoms with Crippen molar-refractivity contribution in [3.8, 4) is 0 Å². The van der Waals surface area contributed by atoms with Gasteiger partial charge in [-0.05, 0) is 5.92 Å². The Morgan fingerprint density at radius 1 is 0.613 bits per heavy atom. The summed E-state index contributed by atoms with van der Waals surface area (Å²) in [7, 11) is -14.3. The highest BCUT2D eigenvalue weighted by Crippen LogP contribution is 2.73. The highest BCUT2D eigenvalue weighted by molar-refractivity contribution is 7.67. The molecule has 31 heavy (non-hydrogen) atoms. The van der Waals surface area contributed by atoms with Crippen molar-refractivity contribution in [3.63, 3.8) is 0 Å². The monoisotopic (exact) mass is 610 g/mol. The molecule has 0 saturated heterocycles. The molecule has 1 atom stereocenters. The van der Waals surface area contributed by atoms with E-state index in [2.05, 4.69) is 0 Å². The molecule has 188 valence electrons. The molecular formula is C13H26Cl5O10P3. The SMILES string of the molecule is CC(C)C(CCl)OP(=O)(OP(=O)(OCCCl)OCCCl)OP(=O)(OCCCl)OCCCl. The zero-order valence-corrected chi connectivity index (χ0v) is 23.3. The molecule has 0 aromatic carbocycles. The van der Waals surface area contributed by atoms with Crippen LogP contribution in [0.4, 0.5) is 0 Å². The summed E-state index contributed by atoms with van der Waals surface area (Å²) in [5.74, 6) is -0.881. The molecule has 0 aromatic rings. The minimum atomic E-state index is -5.03. The minimum Gasteiger partial charge on any atom is -0.285 e. The first-order valence-corrected chi connectivity index (χ1v) is 15.9. The van der Waals surface area contributed by atoms with Crippen LogP contribution in [0.15, 0.2) is 0 Å². The Balaban J connectivity index is 6.02. The van der Waals surface area contributed by atoms with E-state index in [4.69, 9.17) is 89.2 Å². The van der Waals surface area contributed by atoms with Gasteiger partial charge in [-0.1, -0.05) is 13.8 Å². The normalized spacial score (nSPS) is 14.3. The molecule has 10 nitrogen and oxygen atoms in total. The van der Waals surface area contributed by atoms with Gasteiger partial charge < -0.3 is 0 Å². The third-order valence-corrected chi connectivity index (χ3v) is 9.51. The lowest BCUT2D eigenvalue weighted by atomic mass is 10.1. The molecule has 1 unspecified atom stereocenters. The van der Waals surface area contributed by atoms with Gasteiger partial charge in [0.25, 0.3) is 0 Å². The Hall–Kier alpha value is 1.86. The standard InChI is InChI=1S/C13H26Cl5O10P3/c1-12(2)13(11-18)26-31(21,27-29(19,22-7-3-14)23-8-4-15)28-30(20,24-9-5-16)25-10-6-17/h12-13H,3-11H2,1-2H3. The number of hydrogen-bond donors (Lipinski definition) is 0. The fraction of sp³-hybridized carbons (Fsp3) is 1.00. The van der Waals surface area contributed by atoms with Gasteiger partial charge in [0.1, 0.15) is 0 Å². The molecule has 0 bridgehead atoms. The molecule has 0 aliphatic rings. The number of rotatable bonds is 20. The van der Waals surface area contributed by atoms with Crippen molar-refractivity contribution in [1.82, 2.24) is 0 Å². The van der Waals surface area contributed by atoms with Crippen molar-refractivity contribution in [2.24, 2.45) is 5.92 Å². The molecule has 0 spiro atoms. The van der Waals surface area contributed by atoms with Crippen molar-refractivity contribution in [3.05, 3.63) is 0 Å². The number of alkyl halides is 5. The van der Waals surface area contributed by atoms with Crippen LogP contribution in [0.1, 0.15) is 13.8 Å². The molecule has 0 aliphatic heterocycles. The van der Waals surface area contributed by atoms with Crippen LogP contribution >= 0.6 is 81.5 Å². The highest BCUT2D eigenvalue weighted by atomic mass is 35.5. The van der Waals surface area contributed by atoms with Crippen molar-refractivity contribution in [1.29, 1.82) is 0 Å². The van der Waals surface area contributed by atoms with E-state index in [0.29, 0.717) is 0 Å². The van der Waals surface area contributed by atoms with Crippen LogP contribution in [-0.4, -0.2) is 61.9 Å². The second-order valence-electron chi connectivity index (χ2n) is 5.64. The van der Waals surface area contributed by atoms with Crippen LogP contribution in [-0.2, 0) is 44.9 Å². The lowest BCUT2D eigenvalue weighted by Gasteiger charge is -2.28. The predicted octanol–water partition coefficient (Wildman–Crippen LogP) is 6.65. The summed E-state index contributed by atoms with van der Waals surface area (Å²) in [4.78, 5) is 0. The second kappa shape index (κ2) is 17.3. The first kappa shape index (κ1) is 32.9. The molecule has 0 N–H and O–H groups in total. The van der Waals surface area contributed by atoms with E-state index >= 15 is 0 Å². The van der Waals surface area contributed by atoms with E-state index in [0.717, 1.165) is 0 Å². The molecule has 0 saturated carbocycles. The molecule has 0 aromatic heterocycles. The van der Waals surface area contributed by atoms with Gasteiger partial charge in [0, 0.05) is 29.4 Å². The molecule has 0 radical (unpaired) electrons. The van der Waals surface area contributed by atoms with Crippen molar-refractivity contribution in [2.75, 3.05) is 55.8 Å². The van der Waals surface area contributed by atoms with Crippen molar-refractivity contribution < 1.29 is 44.9 Å². The zero-order chi connectivity index (χ0) is 24.0. The molecule has 0 aliphatic carbocycles. The Labute approximate surface area is 207 Å². The quantitative estimate of drug-likeness (QED) is 0.109. The van der Waals surface area contributed by atoms with Crippen LogP contribution in [0, 0.1) is 5.92 Å². The first-order valence-electron chi connectivity index (χ1n) is 8.81. The average molecular weight is 613 g/mol. The van der Waals surface area contributed by atoms with Crippen molar-refractivity contribution in [2.45, 2.75) is 20.0 Å². The van der Waals surface area contributed by atoms with Gasteiger partial charge in [0.15, 0.2) is 0 Å². The molecule has 0 heterocycles. The maximum absolute atomic E-state index is 13.4. The fourth-order valence-electron chi connectivity index (χ4n) is 1.55. The van der Waals surface area contributed by atoms with Gasteiger partial charge in [0.05, 0.1) is 32.5 Å². The van der Waals surface area contributed by atoms with Crippen molar-refractivity contribution >= 4 is 81.5 Å². The Bertz CT molecular complexity index is 565. The lowest BCUT2D eigenvalue weighted by molar-refractivity contribution is 0.0850. The smallest absolute Gasteiger partial charge is 0.285 e. The zero-order valence-electron chi connectivity index (χ0n) is 16.8. The van der Waals surface area contributed by atoms with Gasteiger partial charge in [-0.3, -0.25) is 22.6 Å². The van der Waals surface area contributed by atoms with E-state index < -0.39 is 29.6 Å². The van der Waals surface area contributed by atoms with Crippen LogP contribution in [0.2, 0.25) is 0 Å². The maximum atomic E-state index is 13.4. The number of phosphoric acid groups is 3. The third kappa shape index (κ3) is 14.1. The lowest BCUT2D eigenvalue weighted by Crippen LogP contribution is -2.22. The van der Waals surface area contributed by atoms with Crippen LogP contribution in [0.5, 0.6) is 0 Å². The molecular weight excluding hydrogens is 586 g/mol. The fourth-order valence-corrected chi connectivity index (χ4v) is 8.26. The number of hydrogen-bond acceptors (Lipinski definition) is 10. The number of phosphoric ester groups is 2. The second-order valence-corrected chi connectivity index (χ2v) is 12.7. The van der Waals surface area contributed by atoms with Gasteiger partial charge in [-0.25, -0.2) is 13.7 Å². The highest BCUT2D eigenvalue weighted by Gasteiger charge is 2.48. The predicted molar refractivity (Wildman–Crippen MR) is 122 cm³/mol. The number of halogens is 5. The minimum absolute atomic E-state index is 0.101. The molecule has 0 amide bonds. The van der Waals surface area contributed by atoms with Gasteiger partial charge in [-0.15, -0.1) is 58.0 Å².